The zero-order valence-corrected chi connectivity index (χ0v) is 64.1. The van der Waals surface area contributed by atoms with Gasteiger partial charge in [-0.25, -0.2) is 38.7 Å². The van der Waals surface area contributed by atoms with Crippen LogP contribution in [0.4, 0.5) is 49.0 Å². The monoisotopic (exact) mass is 1680 g/mol. The SMILES string of the molecule is C.C.CC1(C)OB(c2ccc(F)c(NC(=O)c3cc4c(s3)C3CC[C@H]4C3)c2)OC1(C)C.COc1ccc(Cl)nn1.COc1nnc(-c2ccc(F)c(NC(=O)c3cc4c(s3)C3CC[C@H]4C3)c2)cc1Nc1ccncn1.COc1nnc(Cl)cc1I.COc1nnc(Cl)cc1Nc1ccncn1.Nc1ccncn1. The highest BCUT2D eigenvalue weighted by molar-refractivity contribution is 14.1. The van der Waals surface area contributed by atoms with E-state index in [1.165, 1.54) is 123 Å². The van der Waals surface area contributed by atoms with Crippen molar-refractivity contribution >= 4 is 145 Å². The van der Waals surface area contributed by atoms with Crippen molar-refractivity contribution in [3.8, 4) is 34.8 Å². The lowest BCUT2D eigenvalue weighted by Gasteiger charge is -2.32. The number of methoxy groups -OCH3 is 4. The van der Waals surface area contributed by atoms with Crippen molar-refractivity contribution in [3.63, 3.8) is 0 Å². The van der Waals surface area contributed by atoms with Gasteiger partial charge in [0.1, 0.15) is 59.4 Å². The number of amides is 2. The molecule has 564 valence electrons. The number of nitrogens with two attached hydrogens (primary N) is 1. The molecular formula is C72H76BCl3F2IN19O8S2. The molecule has 0 radical (unpaired) electrons. The van der Waals surface area contributed by atoms with Gasteiger partial charge in [0.25, 0.3) is 23.6 Å². The zero-order valence-electron chi connectivity index (χ0n) is 58.0. The maximum atomic E-state index is 14.6. The van der Waals surface area contributed by atoms with Crippen molar-refractivity contribution in [3.05, 3.63) is 196 Å². The van der Waals surface area contributed by atoms with E-state index in [9.17, 15) is 18.4 Å². The first kappa shape index (κ1) is 82.4. The number of fused-ring (bicyclic) bond motifs is 10. The third-order valence-electron chi connectivity index (χ3n) is 17.7. The number of benzene rings is 2. The van der Waals surface area contributed by atoms with E-state index in [2.05, 4.69) is 115 Å². The minimum atomic E-state index is -0.600. The van der Waals surface area contributed by atoms with E-state index in [0.29, 0.717) is 107 Å². The molecule has 0 spiro atoms. The maximum Gasteiger partial charge on any atom is 0.494 e. The fraction of sp³-hybridized carbons (Fsp3) is 0.306. The number of ether oxygens (including phenoxy) is 4. The van der Waals surface area contributed by atoms with E-state index in [1.807, 2.05) is 39.8 Å². The summed E-state index contributed by atoms with van der Waals surface area (Å²) in [4.78, 5) is 52.9. The van der Waals surface area contributed by atoms with Gasteiger partial charge in [-0.2, -0.15) is 0 Å². The van der Waals surface area contributed by atoms with E-state index in [0.717, 1.165) is 3.57 Å². The average molecular weight is 1680 g/mol. The van der Waals surface area contributed by atoms with Crippen LogP contribution in [0.2, 0.25) is 15.5 Å². The number of rotatable bonds is 14. The Hall–Kier alpha value is -9.62. The Morgan fingerprint density at radius 2 is 1.02 bits per heavy atom. The molecule has 2 unspecified atom stereocenters. The van der Waals surface area contributed by atoms with Crippen molar-refractivity contribution in [1.82, 2.24) is 70.7 Å². The van der Waals surface area contributed by atoms with Crippen LogP contribution >= 0.6 is 80.1 Å². The van der Waals surface area contributed by atoms with E-state index >= 15 is 0 Å². The fourth-order valence-electron chi connectivity index (χ4n) is 11.8. The molecule has 5 aliphatic rings. The Morgan fingerprint density at radius 3 is 1.48 bits per heavy atom. The van der Waals surface area contributed by atoms with Crippen molar-refractivity contribution in [2.45, 2.75) is 116 Å². The third kappa shape index (κ3) is 20.6. The maximum absolute atomic E-state index is 14.6. The summed E-state index contributed by atoms with van der Waals surface area (Å²) in [7, 11) is 5.46. The molecule has 6 N–H and O–H groups in total. The summed E-state index contributed by atoms with van der Waals surface area (Å²) >= 11 is 21.9. The molecule has 27 nitrogen and oxygen atoms in total. The number of hydrogen-bond acceptors (Lipinski definition) is 27. The van der Waals surface area contributed by atoms with Gasteiger partial charge >= 0.3 is 7.12 Å². The van der Waals surface area contributed by atoms with E-state index in [-0.39, 0.29) is 49.1 Å². The predicted molar refractivity (Wildman–Crippen MR) is 423 cm³/mol. The number of carbonyl (C=O) groups excluding carboxylic acids is 2. The van der Waals surface area contributed by atoms with Crippen molar-refractivity contribution in [1.29, 1.82) is 0 Å². The molecule has 2 saturated carbocycles. The lowest BCUT2D eigenvalue weighted by atomic mass is 9.79. The van der Waals surface area contributed by atoms with Crippen LogP contribution in [0.15, 0.2) is 135 Å². The van der Waals surface area contributed by atoms with Crippen LogP contribution in [0.25, 0.3) is 11.3 Å². The summed E-state index contributed by atoms with van der Waals surface area (Å²) in [6.45, 7) is 7.90. The van der Waals surface area contributed by atoms with Gasteiger partial charge < -0.3 is 55.3 Å². The summed E-state index contributed by atoms with van der Waals surface area (Å²) in [5.41, 5.74) is 10.0. The normalized spacial score (nSPS) is 16.4. The number of nitrogens with one attached hydrogen (secondary N) is 4. The van der Waals surface area contributed by atoms with Crippen molar-refractivity contribution in [2.75, 3.05) is 55.4 Å². The molecule has 108 heavy (non-hydrogen) atoms. The number of halogens is 6. The quantitative estimate of drug-likeness (QED) is 0.0499. The Bertz CT molecular complexity index is 4800. The molecule has 11 aromatic rings. The summed E-state index contributed by atoms with van der Waals surface area (Å²) in [6.07, 6.45) is 16.4. The summed E-state index contributed by atoms with van der Waals surface area (Å²) in [6, 6.07) is 26.4. The van der Waals surface area contributed by atoms with Crippen LogP contribution < -0.4 is 51.4 Å². The summed E-state index contributed by atoms with van der Waals surface area (Å²) in [5, 5.41) is 42.8. The van der Waals surface area contributed by atoms with Gasteiger partial charge in [0.15, 0.2) is 15.5 Å². The number of anilines is 7. The first-order chi connectivity index (χ1) is 51.0. The van der Waals surface area contributed by atoms with Crippen molar-refractivity contribution < 1.29 is 46.6 Å². The minimum Gasteiger partial charge on any atom is -0.480 e. The molecule has 4 bridgehead atoms. The molecule has 2 amide bonds. The lowest BCUT2D eigenvalue weighted by Crippen LogP contribution is -2.41. The van der Waals surface area contributed by atoms with E-state index in [1.54, 1.807) is 110 Å². The van der Waals surface area contributed by atoms with Crippen LogP contribution in [-0.4, -0.2) is 129 Å². The Kier molecular flexibility index (Phi) is 28.6. The van der Waals surface area contributed by atoms with Crippen LogP contribution in [0.1, 0.15) is 145 Å². The third-order valence-corrected chi connectivity index (χ3v) is 21.6. The predicted octanol–water partition coefficient (Wildman–Crippen LogP) is 16.2. The summed E-state index contributed by atoms with van der Waals surface area (Å²) < 4.78 is 62.0. The second-order valence-electron chi connectivity index (χ2n) is 24.9. The number of nitrogen functional groups attached to an aromatic ring is 1. The second kappa shape index (κ2) is 37.5. The van der Waals surface area contributed by atoms with Crippen LogP contribution in [-0.2, 0) is 9.31 Å². The minimum absolute atomic E-state index is 0. The smallest absolute Gasteiger partial charge is 0.480 e. The molecule has 2 aromatic carbocycles. The van der Waals surface area contributed by atoms with Crippen LogP contribution in [0.5, 0.6) is 23.5 Å². The number of nitrogens with zero attached hydrogens (tertiary/aromatic N) is 14. The molecule has 1 aliphatic heterocycles. The fourth-order valence-corrected chi connectivity index (χ4v) is 15.6. The first-order valence-corrected chi connectivity index (χ1v) is 36.5. The first-order valence-electron chi connectivity index (χ1n) is 32.7. The van der Waals surface area contributed by atoms with Gasteiger partial charge in [-0.05, 0) is 208 Å². The largest absolute Gasteiger partial charge is 0.494 e. The van der Waals surface area contributed by atoms with Gasteiger partial charge in [-0.3, -0.25) is 9.59 Å². The molecule has 16 rings (SSSR count). The number of thiophene rings is 2. The Balaban J connectivity index is 0.000000164. The van der Waals surface area contributed by atoms with Gasteiger partial charge in [0.05, 0.1) is 70.0 Å². The van der Waals surface area contributed by atoms with Crippen molar-refractivity contribution in [2.24, 2.45) is 0 Å². The molecule has 1 saturated heterocycles. The van der Waals surface area contributed by atoms with Crippen LogP contribution in [0.3, 0.4) is 0 Å². The highest BCUT2D eigenvalue weighted by Gasteiger charge is 2.52. The van der Waals surface area contributed by atoms with Gasteiger partial charge in [0.2, 0.25) is 11.8 Å². The summed E-state index contributed by atoms with van der Waals surface area (Å²) in [5.74, 6) is 4.13. The van der Waals surface area contributed by atoms with Gasteiger partial charge in [-0.1, -0.05) is 55.7 Å². The number of hydrogen-bond donors (Lipinski definition) is 5. The number of carbonyl (C=O) groups is 2. The van der Waals surface area contributed by atoms with E-state index in [4.69, 9.17) is 68.8 Å². The highest BCUT2D eigenvalue weighted by Crippen LogP contribution is 2.57. The van der Waals surface area contributed by atoms with Crippen LogP contribution in [0, 0.1) is 15.2 Å². The molecule has 3 fully saturated rings. The standard InChI is InChI=1S/C25H21FN6O2S.C22H25BFNO3S.C9H8ClN5O.C5H4ClIN2O.C5H5ClN2O.C4H5N3.2CH4/c1-34-25-20(29-22-6-7-27-12-28-22)11-18(31-32-25)14-4-5-17(26)19(9-14)30-24(33)21-10-16-13-2-3-15(8-13)23(16)35-21;1-21(2)22(3,4)28-23(27-21)14-7-8-16(24)17(10-14)25-20(26)18-11-15-12-5-6-13(9-12)19(15)29-18;1-16-9-6(4-7(10)14-15-9)13-8-2-3-11-5-12-8;1-10-5-3(7)2-4(6)8-9-5;1-9-5-3-2-4(6)7-8-5;5-4-1-2-6-3-7-4;;/h4-7,9-13,15H,2-3,8H2,1H3,(H,30,33)(H,27,28,29,31);7-8,10-13H,5-6,9H2,1-4H3,(H,25,26);2-5H,1H3,(H,11,12,13,14);2H,1H3;2-3H,1H3;1-3H,(H2,5,6,7);2*1H4/t13-,15?;12-,13?;;;;;;/m00....../s1. The van der Waals surface area contributed by atoms with Gasteiger partial charge in [0, 0.05) is 46.0 Å². The average Bonchev–Trinajstić information content (AvgIpc) is 1.59. The second-order valence-corrected chi connectivity index (χ2v) is 29.4. The molecular weight excluding hydrogens is 1610 g/mol. The Labute approximate surface area is 659 Å². The molecule has 10 heterocycles. The molecule has 36 heteroatoms. The zero-order chi connectivity index (χ0) is 75.2. The van der Waals surface area contributed by atoms with E-state index < -0.39 is 30.0 Å². The van der Waals surface area contributed by atoms with Gasteiger partial charge in [-0.15, -0.1) is 63.5 Å². The topological polar surface area (TPSA) is 344 Å². The molecule has 9 aromatic heterocycles. The Morgan fingerprint density at radius 1 is 0.537 bits per heavy atom. The molecule has 4 aliphatic carbocycles. The number of aromatic nitrogens is 14. The highest BCUT2D eigenvalue weighted by atomic mass is 127. The molecule has 4 atom stereocenters. The lowest BCUT2D eigenvalue weighted by molar-refractivity contribution is 0.00578.